The maximum absolute atomic E-state index is 12.8. The number of carbonyl (C=O) groups is 2. The minimum atomic E-state index is -0.687. The smallest absolute Gasteiger partial charge is 0.291 e. The monoisotopic (exact) mass is 468 g/mol. The molecule has 2 amide bonds. The number of amides is 2. The summed E-state index contributed by atoms with van der Waals surface area (Å²) in [5.41, 5.74) is 3.56. The molecule has 0 aliphatic heterocycles. The molecular formula is C21H17ClN6O5. The third kappa shape index (κ3) is 4.84. The molecule has 12 heteroatoms. The van der Waals surface area contributed by atoms with Gasteiger partial charge in [-0.15, -0.1) is 0 Å². The summed E-state index contributed by atoms with van der Waals surface area (Å²) in [7, 11) is 0. The second kappa shape index (κ2) is 9.94. The van der Waals surface area contributed by atoms with Crippen LogP contribution in [-0.2, 0) is 6.42 Å². The fraction of sp³-hybridized carbons (Fsp3) is 0.286. The number of nitrogens with zero attached hydrogens (tertiary/aromatic N) is 5. The van der Waals surface area contributed by atoms with Gasteiger partial charge in [-0.05, 0) is 31.9 Å². The summed E-state index contributed by atoms with van der Waals surface area (Å²) < 4.78 is 5.76. The Morgan fingerprint density at radius 3 is 2.64 bits per heavy atom. The zero-order valence-electron chi connectivity index (χ0n) is 17.4. The van der Waals surface area contributed by atoms with Crippen LogP contribution in [0.15, 0.2) is 27.7 Å². The number of hydrogen-bond donors (Lipinski definition) is 1. The van der Waals surface area contributed by atoms with Crippen LogP contribution in [0.5, 0.6) is 0 Å². The second-order valence-electron chi connectivity index (χ2n) is 7.11. The fourth-order valence-electron chi connectivity index (χ4n) is 3.47. The number of benzene rings is 1. The van der Waals surface area contributed by atoms with E-state index in [4.69, 9.17) is 26.5 Å². The molecule has 168 valence electrons. The van der Waals surface area contributed by atoms with Gasteiger partial charge in [0.05, 0.1) is 22.8 Å². The quantitative estimate of drug-likeness (QED) is 0.386. The molecule has 1 aromatic heterocycles. The van der Waals surface area contributed by atoms with E-state index in [2.05, 4.69) is 10.5 Å². The van der Waals surface area contributed by atoms with Gasteiger partial charge in [-0.1, -0.05) is 11.6 Å². The van der Waals surface area contributed by atoms with E-state index in [0.717, 1.165) is 11.0 Å². The third-order valence-corrected chi connectivity index (χ3v) is 5.35. The molecule has 1 aliphatic carbocycles. The van der Waals surface area contributed by atoms with Gasteiger partial charge in [0.2, 0.25) is 0 Å². The summed E-state index contributed by atoms with van der Waals surface area (Å²) in [4.78, 5) is 36.7. The Balaban J connectivity index is 1.88. The number of aryl methyl sites for hydroxylation is 1. The van der Waals surface area contributed by atoms with Crippen LogP contribution < -0.4 is 5.43 Å². The highest BCUT2D eigenvalue weighted by molar-refractivity contribution is 6.32. The van der Waals surface area contributed by atoms with Gasteiger partial charge in [0.1, 0.15) is 23.9 Å². The number of nitro groups is 1. The van der Waals surface area contributed by atoms with E-state index in [1.807, 2.05) is 12.1 Å². The highest BCUT2D eigenvalue weighted by Gasteiger charge is 2.30. The molecule has 1 aromatic carbocycles. The highest BCUT2D eigenvalue weighted by Crippen LogP contribution is 2.31. The topological polar surface area (TPSA) is 166 Å². The largest absolute Gasteiger partial charge is 0.455 e. The summed E-state index contributed by atoms with van der Waals surface area (Å²) >= 11 is 5.78. The van der Waals surface area contributed by atoms with Gasteiger partial charge < -0.3 is 9.32 Å². The van der Waals surface area contributed by atoms with Crippen LogP contribution in [0.1, 0.15) is 50.6 Å². The van der Waals surface area contributed by atoms with E-state index in [1.165, 1.54) is 12.1 Å². The molecule has 1 N–H and O–H groups in total. The Morgan fingerprint density at radius 1 is 1.30 bits per heavy atom. The lowest BCUT2D eigenvalue weighted by atomic mass is 9.93. The molecule has 3 rings (SSSR count). The van der Waals surface area contributed by atoms with Crippen LogP contribution in [0.25, 0.3) is 0 Å². The van der Waals surface area contributed by atoms with Crippen LogP contribution in [0.3, 0.4) is 0 Å². The molecule has 1 heterocycles. The Hall–Kier alpha value is -4.22. The van der Waals surface area contributed by atoms with E-state index in [1.54, 1.807) is 6.92 Å². The molecule has 1 aliphatic rings. The first kappa shape index (κ1) is 23.4. The Bertz CT molecular complexity index is 1240. The Labute approximate surface area is 193 Å². The van der Waals surface area contributed by atoms with E-state index in [0.29, 0.717) is 41.9 Å². The molecule has 0 fully saturated rings. The molecule has 11 nitrogen and oxygen atoms in total. The standard InChI is InChI=1S/C21H17ClN6O5/c1-12-18-15(25-26-20(29)13-5-6-14(22)16(11-13)28(31)32)3-2-4-17(18)33-19(12)21(30)27(9-7-23)10-8-24/h5-6,11H,2-4,9-10H2,1H3,(H,26,29)/b25-15+. The number of halogens is 1. The summed E-state index contributed by atoms with van der Waals surface area (Å²) in [6, 6.07) is 7.35. The molecule has 0 radical (unpaired) electrons. The van der Waals surface area contributed by atoms with Crippen molar-refractivity contribution in [1.82, 2.24) is 10.3 Å². The lowest BCUT2D eigenvalue weighted by molar-refractivity contribution is -0.384. The predicted molar refractivity (Wildman–Crippen MR) is 116 cm³/mol. The molecule has 0 bridgehead atoms. The van der Waals surface area contributed by atoms with Crippen LogP contribution >= 0.6 is 11.6 Å². The summed E-state index contributed by atoms with van der Waals surface area (Å²) in [6.07, 6.45) is 1.72. The number of fused-ring (bicyclic) bond motifs is 1. The van der Waals surface area contributed by atoms with Crippen molar-refractivity contribution in [3.63, 3.8) is 0 Å². The molecule has 0 saturated carbocycles. The number of nitrogens with one attached hydrogen (secondary N) is 1. The first-order valence-corrected chi connectivity index (χ1v) is 10.1. The summed E-state index contributed by atoms with van der Waals surface area (Å²) in [6.45, 7) is 1.14. The van der Waals surface area contributed by atoms with Crippen molar-refractivity contribution in [1.29, 1.82) is 10.5 Å². The molecule has 0 saturated heterocycles. The van der Waals surface area contributed by atoms with E-state index < -0.39 is 22.4 Å². The van der Waals surface area contributed by atoms with Crippen molar-refractivity contribution < 1.29 is 18.9 Å². The molecule has 0 unspecified atom stereocenters. The molecule has 33 heavy (non-hydrogen) atoms. The normalized spacial score (nSPS) is 13.5. The zero-order valence-corrected chi connectivity index (χ0v) is 18.2. The first-order valence-electron chi connectivity index (χ1n) is 9.75. The number of furan rings is 1. The predicted octanol–water partition coefficient (Wildman–Crippen LogP) is 3.11. The number of nitriles is 2. The van der Waals surface area contributed by atoms with Gasteiger partial charge in [-0.2, -0.15) is 15.6 Å². The summed E-state index contributed by atoms with van der Waals surface area (Å²) in [5, 5.41) is 33.0. The fourth-order valence-corrected chi connectivity index (χ4v) is 3.66. The number of rotatable bonds is 6. The lowest BCUT2D eigenvalue weighted by Crippen LogP contribution is -2.32. The van der Waals surface area contributed by atoms with E-state index >= 15 is 0 Å². The average Bonchev–Trinajstić information content (AvgIpc) is 3.14. The molecule has 0 spiro atoms. The SMILES string of the molecule is Cc1c(C(=O)N(CC#N)CC#N)oc2c1/C(=N/NC(=O)c1ccc(Cl)c([N+](=O)[O-])c1)CCC2. The van der Waals surface area contributed by atoms with Crippen molar-refractivity contribution in [3.8, 4) is 12.1 Å². The number of hydrogen-bond acceptors (Lipinski definition) is 8. The molecular weight excluding hydrogens is 452 g/mol. The maximum atomic E-state index is 12.8. The van der Waals surface area contributed by atoms with Crippen molar-refractivity contribution in [3.05, 3.63) is 61.5 Å². The second-order valence-corrected chi connectivity index (χ2v) is 7.52. The minimum Gasteiger partial charge on any atom is -0.455 e. The Kier molecular flexibility index (Phi) is 7.06. The minimum absolute atomic E-state index is 0.00918. The van der Waals surface area contributed by atoms with Crippen LogP contribution in [0.4, 0.5) is 5.69 Å². The van der Waals surface area contributed by atoms with Gasteiger partial charge in [0, 0.05) is 29.2 Å². The van der Waals surface area contributed by atoms with Crippen molar-refractivity contribution in [2.24, 2.45) is 5.10 Å². The third-order valence-electron chi connectivity index (χ3n) is 5.03. The summed E-state index contributed by atoms with van der Waals surface area (Å²) in [5.74, 6) is -0.714. The zero-order chi connectivity index (χ0) is 24.1. The first-order chi connectivity index (χ1) is 15.8. The van der Waals surface area contributed by atoms with E-state index in [-0.39, 0.29) is 29.4 Å². The highest BCUT2D eigenvalue weighted by atomic mass is 35.5. The molecule has 0 atom stereocenters. The van der Waals surface area contributed by atoms with E-state index in [9.17, 15) is 19.7 Å². The van der Waals surface area contributed by atoms with Gasteiger partial charge in [-0.3, -0.25) is 19.7 Å². The Morgan fingerprint density at radius 2 is 2.00 bits per heavy atom. The lowest BCUT2D eigenvalue weighted by Gasteiger charge is -2.14. The number of carbonyl (C=O) groups excluding carboxylic acids is 2. The van der Waals surface area contributed by atoms with Gasteiger partial charge in [0.25, 0.3) is 17.5 Å². The van der Waals surface area contributed by atoms with Gasteiger partial charge in [0.15, 0.2) is 5.76 Å². The average molecular weight is 469 g/mol. The number of nitro benzene ring substituents is 1. The van der Waals surface area contributed by atoms with Crippen molar-refractivity contribution in [2.75, 3.05) is 13.1 Å². The van der Waals surface area contributed by atoms with Crippen LogP contribution in [0, 0.1) is 39.7 Å². The maximum Gasteiger partial charge on any atom is 0.291 e. The number of hydrazone groups is 1. The van der Waals surface area contributed by atoms with Crippen LogP contribution in [0.2, 0.25) is 5.02 Å². The van der Waals surface area contributed by atoms with Crippen LogP contribution in [-0.4, -0.2) is 40.4 Å². The van der Waals surface area contributed by atoms with Crippen molar-refractivity contribution in [2.45, 2.75) is 26.2 Å². The van der Waals surface area contributed by atoms with Gasteiger partial charge in [-0.25, -0.2) is 5.43 Å². The molecule has 2 aromatic rings. The van der Waals surface area contributed by atoms with Crippen molar-refractivity contribution >= 4 is 34.8 Å². The van der Waals surface area contributed by atoms with Gasteiger partial charge >= 0.3 is 0 Å².